The molecule has 0 N–H and O–H groups in total. The number of ether oxygens (including phenoxy) is 1. The second-order valence-corrected chi connectivity index (χ2v) is 5.01. The number of pyridine rings is 1. The first kappa shape index (κ1) is 12.6. The first-order chi connectivity index (χ1) is 9.60. The van der Waals surface area contributed by atoms with Crippen molar-refractivity contribution in [1.29, 1.82) is 0 Å². The molecule has 3 heteroatoms. The molecule has 0 fully saturated rings. The summed E-state index contributed by atoms with van der Waals surface area (Å²) in [6, 6.07) is 11.8. The van der Waals surface area contributed by atoms with Gasteiger partial charge in [0, 0.05) is 10.8 Å². The van der Waals surface area contributed by atoms with E-state index in [2.05, 4.69) is 30.1 Å². The maximum Gasteiger partial charge on any atom is 0.340 e. The summed E-state index contributed by atoms with van der Waals surface area (Å²) in [5, 5.41) is 2.04. The van der Waals surface area contributed by atoms with Crippen molar-refractivity contribution >= 4 is 27.8 Å². The minimum atomic E-state index is -0.354. The molecule has 0 unspecified atom stereocenters. The van der Waals surface area contributed by atoms with Crippen LogP contribution in [0, 0.1) is 13.8 Å². The summed E-state index contributed by atoms with van der Waals surface area (Å²) in [5.74, 6) is -0.354. The third-order valence-corrected chi connectivity index (χ3v) is 3.48. The van der Waals surface area contributed by atoms with E-state index in [0.717, 1.165) is 21.9 Å². The van der Waals surface area contributed by atoms with Crippen LogP contribution < -0.4 is 0 Å². The van der Waals surface area contributed by atoms with Gasteiger partial charge in [0.05, 0.1) is 23.7 Å². The normalized spacial score (nSPS) is 10.9. The van der Waals surface area contributed by atoms with E-state index < -0.39 is 0 Å². The van der Waals surface area contributed by atoms with E-state index in [-0.39, 0.29) is 5.97 Å². The van der Waals surface area contributed by atoms with Crippen LogP contribution in [-0.4, -0.2) is 18.1 Å². The van der Waals surface area contributed by atoms with Crippen LogP contribution in [0.2, 0.25) is 0 Å². The number of hydrogen-bond acceptors (Lipinski definition) is 3. The topological polar surface area (TPSA) is 39.2 Å². The fourth-order valence-electron chi connectivity index (χ4n) is 2.61. The fourth-order valence-corrected chi connectivity index (χ4v) is 2.61. The van der Waals surface area contributed by atoms with Gasteiger partial charge in [-0.15, -0.1) is 0 Å². The SMILES string of the molecule is COC(=O)c1cccc2cc3cc(C)cc(C)c3nc12. The summed E-state index contributed by atoms with van der Waals surface area (Å²) in [5.41, 5.74) is 4.45. The molecule has 2 aromatic carbocycles. The molecule has 100 valence electrons. The molecule has 0 amide bonds. The van der Waals surface area contributed by atoms with E-state index in [1.807, 2.05) is 19.1 Å². The number of hydrogen-bond donors (Lipinski definition) is 0. The molecule has 0 aliphatic heterocycles. The summed E-state index contributed by atoms with van der Waals surface area (Å²) in [4.78, 5) is 16.5. The predicted octanol–water partition coefficient (Wildman–Crippen LogP) is 3.79. The number of nitrogens with zero attached hydrogens (tertiary/aromatic N) is 1. The lowest BCUT2D eigenvalue weighted by Gasteiger charge is -2.08. The molecule has 0 radical (unpaired) electrons. The number of carbonyl (C=O) groups excluding carboxylic acids is 1. The number of aryl methyl sites for hydroxylation is 2. The van der Waals surface area contributed by atoms with Crippen molar-refractivity contribution in [1.82, 2.24) is 4.98 Å². The Morgan fingerprint density at radius 1 is 1.05 bits per heavy atom. The van der Waals surface area contributed by atoms with Crippen LogP contribution in [-0.2, 0) is 4.74 Å². The monoisotopic (exact) mass is 265 g/mol. The van der Waals surface area contributed by atoms with Crippen molar-refractivity contribution < 1.29 is 9.53 Å². The molecule has 20 heavy (non-hydrogen) atoms. The summed E-state index contributed by atoms with van der Waals surface area (Å²) in [6.45, 7) is 4.11. The third-order valence-electron chi connectivity index (χ3n) is 3.48. The van der Waals surface area contributed by atoms with E-state index in [0.29, 0.717) is 11.1 Å². The minimum Gasteiger partial charge on any atom is -0.465 e. The molecule has 3 rings (SSSR count). The Bertz CT molecular complexity index is 837. The van der Waals surface area contributed by atoms with Gasteiger partial charge >= 0.3 is 5.97 Å². The lowest BCUT2D eigenvalue weighted by molar-refractivity contribution is 0.0603. The van der Waals surface area contributed by atoms with Crippen LogP contribution in [0.5, 0.6) is 0 Å². The highest BCUT2D eigenvalue weighted by Crippen LogP contribution is 2.25. The molecule has 0 bridgehead atoms. The number of aromatic nitrogens is 1. The fraction of sp³-hybridized carbons (Fsp3) is 0.176. The third kappa shape index (κ3) is 1.92. The lowest BCUT2D eigenvalue weighted by Crippen LogP contribution is -2.03. The number of rotatable bonds is 1. The predicted molar refractivity (Wildman–Crippen MR) is 80.1 cm³/mol. The highest BCUT2D eigenvalue weighted by molar-refractivity contribution is 6.05. The lowest BCUT2D eigenvalue weighted by atomic mass is 10.0. The molecule has 1 aromatic heterocycles. The Morgan fingerprint density at radius 3 is 2.60 bits per heavy atom. The maximum atomic E-state index is 11.8. The largest absolute Gasteiger partial charge is 0.465 e. The Kier molecular flexibility index (Phi) is 2.90. The first-order valence-electron chi connectivity index (χ1n) is 6.49. The molecule has 3 nitrogen and oxygen atoms in total. The van der Waals surface area contributed by atoms with Gasteiger partial charge in [-0.05, 0) is 37.6 Å². The number of esters is 1. The van der Waals surface area contributed by atoms with Crippen LogP contribution in [0.1, 0.15) is 21.5 Å². The summed E-state index contributed by atoms with van der Waals surface area (Å²) >= 11 is 0. The molecule has 1 heterocycles. The number of carbonyl (C=O) groups is 1. The van der Waals surface area contributed by atoms with E-state index in [1.165, 1.54) is 12.7 Å². The molecular weight excluding hydrogens is 250 g/mol. The Labute approximate surface area is 117 Å². The zero-order chi connectivity index (χ0) is 14.3. The molecule has 0 saturated heterocycles. The van der Waals surface area contributed by atoms with Crippen molar-refractivity contribution in [2.45, 2.75) is 13.8 Å². The zero-order valence-corrected chi connectivity index (χ0v) is 11.7. The summed E-state index contributed by atoms with van der Waals surface area (Å²) in [6.07, 6.45) is 0. The standard InChI is InChI=1S/C17H15NO2/c1-10-7-11(2)15-13(8-10)9-12-5-4-6-14(16(12)18-15)17(19)20-3/h4-9H,1-3H3. The van der Waals surface area contributed by atoms with Crippen LogP contribution in [0.3, 0.4) is 0 Å². The summed E-state index contributed by atoms with van der Waals surface area (Å²) in [7, 11) is 1.39. The minimum absolute atomic E-state index is 0.354. The smallest absolute Gasteiger partial charge is 0.340 e. The van der Waals surface area contributed by atoms with Crippen molar-refractivity contribution in [3.63, 3.8) is 0 Å². The van der Waals surface area contributed by atoms with Gasteiger partial charge < -0.3 is 4.74 Å². The number of methoxy groups -OCH3 is 1. The average Bonchev–Trinajstić information content (AvgIpc) is 2.44. The molecular formula is C17H15NO2. The van der Waals surface area contributed by atoms with E-state index in [1.54, 1.807) is 6.07 Å². The highest BCUT2D eigenvalue weighted by atomic mass is 16.5. The van der Waals surface area contributed by atoms with Gasteiger partial charge in [0.2, 0.25) is 0 Å². The van der Waals surface area contributed by atoms with Gasteiger partial charge in [-0.3, -0.25) is 0 Å². The van der Waals surface area contributed by atoms with Gasteiger partial charge in [-0.1, -0.05) is 23.8 Å². The molecule has 0 aliphatic carbocycles. The second kappa shape index (κ2) is 4.60. The molecule has 0 saturated carbocycles. The van der Waals surface area contributed by atoms with Gasteiger partial charge in [0.15, 0.2) is 0 Å². The second-order valence-electron chi connectivity index (χ2n) is 5.01. The van der Waals surface area contributed by atoms with Crippen molar-refractivity contribution in [2.75, 3.05) is 7.11 Å². The molecule has 3 aromatic rings. The zero-order valence-electron chi connectivity index (χ0n) is 11.7. The van der Waals surface area contributed by atoms with E-state index in [4.69, 9.17) is 4.74 Å². The number of benzene rings is 2. The van der Waals surface area contributed by atoms with Crippen molar-refractivity contribution in [3.05, 3.63) is 53.1 Å². The Balaban J connectivity index is 2.42. The van der Waals surface area contributed by atoms with Gasteiger partial charge in [-0.2, -0.15) is 0 Å². The van der Waals surface area contributed by atoms with Crippen LogP contribution in [0.15, 0.2) is 36.4 Å². The van der Waals surface area contributed by atoms with E-state index in [9.17, 15) is 4.79 Å². The molecule has 0 atom stereocenters. The number of fused-ring (bicyclic) bond motifs is 2. The average molecular weight is 265 g/mol. The van der Waals surface area contributed by atoms with Gasteiger partial charge in [-0.25, -0.2) is 9.78 Å². The Hall–Kier alpha value is -2.42. The van der Waals surface area contributed by atoms with Crippen molar-refractivity contribution in [3.8, 4) is 0 Å². The van der Waals surface area contributed by atoms with Gasteiger partial charge in [0.25, 0.3) is 0 Å². The quantitative estimate of drug-likeness (QED) is 0.496. The van der Waals surface area contributed by atoms with Gasteiger partial charge in [0.1, 0.15) is 0 Å². The molecule has 0 spiro atoms. The first-order valence-corrected chi connectivity index (χ1v) is 6.49. The number of para-hydroxylation sites is 1. The Morgan fingerprint density at radius 2 is 1.85 bits per heavy atom. The van der Waals surface area contributed by atoms with Crippen LogP contribution in [0.4, 0.5) is 0 Å². The summed E-state index contributed by atoms with van der Waals surface area (Å²) < 4.78 is 4.83. The van der Waals surface area contributed by atoms with Crippen LogP contribution >= 0.6 is 0 Å². The van der Waals surface area contributed by atoms with Crippen LogP contribution in [0.25, 0.3) is 21.8 Å². The van der Waals surface area contributed by atoms with E-state index >= 15 is 0 Å². The van der Waals surface area contributed by atoms with Crippen molar-refractivity contribution in [2.24, 2.45) is 0 Å². The molecule has 0 aliphatic rings. The maximum absolute atomic E-state index is 11.8. The highest BCUT2D eigenvalue weighted by Gasteiger charge is 2.12.